The SMILES string of the molecule is CCN(CC(C)C)c1ncccc1C=O. The van der Waals surface area contributed by atoms with E-state index in [0.29, 0.717) is 11.5 Å². The average molecular weight is 206 g/mol. The Morgan fingerprint density at radius 2 is 2.27 bits per heavy atom. The first kappa shape index (κ1) is 11.7. The minimum atomic E-state index is 0.562. The number of pyridine rings is 1. The van der Waals surface area contributed by atoms with Crippen molar-refractivity contribution in [3.05, 3.63) is 23.9 Å². The van der Waals surface area contributed by atoms with Crippen LogP contribution < -0.4 is 4.90 Å². The van der Waals surface area contributed by atoms with E-state index in [9.17, 15) is 4.79 Å². The number of aldehydes is 1. The Morgan fingerprint density at radius 1 is 1.53 bits per heavy atom. The third kappa shape index (κ3) is 3.05. The van der Waals surface area contributed by atoms with Crippen LogP contribution in [0.5, 0.6) is 0 Å². The third-order valence-corrected chi connectivity index (χ3v) is 2.21. The molecule has 0 unspecified atom stereocenters. The number of hydrogen-bond acceptors (Lipinski definition) is 3. The first-order valence-corrected chi connectivity index (χ1v) is 5.34. The molecule has 1 aromatic heterocycles. The Kier molecular flexibility index (Phi) is 4.28. The van der Waals surface area contributed by atoms with Gasteiger partial charge in [0, 0.05) is 19.3 Å². The van der Waals surface area contributed by atoms with Gasteiger partial charge < -0.3 is 4.90 Å². The molecule has 0 aliphatic rings. The van der Waals surface area contributed by atoms with Gasteiger partial charge in [-0.3, -0.25) is 4.79 Å². The predicted molar refractivity (Wildman–Crippen MR) is 62.3 cm³/mol. The molecule has 0 radical (unpaired) electrons. The van der Waals surface area contributed by atoms with Gasteiger partial charge in [-0.2, -0.15) is 0 Å². The highest BCUT2D eigenvalue weighted by atomic mass is 16.1. The van der Waals surface area contributed by atoms with Gasteiger partial charge in [0.2, 0.25) is 0 Å². The van der Waals surface area contributed by atoms with Gasteiger partial charge in [0.1, 0.15) is 5.82 Å². The minimum absolute atomic E-state index is 0.562. The van der Waals surface area contributed by atoms with Crippen molar-refractivity contribution in [1.82, 2.24) is 4.98 Å². The fourth-order valence-corrected chi connectivity index (χ4v) is 1.57. The monoisotopic (exact) mass is 206 g/mol. The minimum Gasteiger partial charge on any atom is -0.356 e. The lowest BCUT2D eigenvalue weighted by Gasteiger charge is -2.24. The van der Waals surface area contributed by atoms with E-state index in [4.69, 9.17) is 0 Å². The number of aromatic nitrogens is 1. The molecule has 1 heterocycles. The van der Waals surface area contributed by atoms with Crippen LogP contribution in [0.2, 0.25) is 0 Å². The fourth-order valence-electron chi connectivity index (χ4n) is 1.57. The van der Waals surface area contributed by atoms with Gasteiger partial charge in [0.05, 0.1) is 5.56 Å². The lowest BCUT2D eigenvalue weighted by molar-refractivity contribution is 0.112. The van der Waals surface area contributed by atoms with Crippen LogP contribution in [-0.4, -0.2) is 24.4 Å². The van der Waals surface area contributed by atoms with Crippen molar-refractivity contribution in [2.45, 2.75) is 20.8 Å². The van der Waals surface area contributed by atoms with Crippen LogP contribution >= 0.6 is 0 Å². The van der Waals surface area contributed by atoms with Gasteiger partial charge in [-0.1, -0.05) is 13.8 Å². The van der Waals surface area contributed by atoms with Gasteiger partial charge in [0.15, 0.2) is 6.29 Å². The van der Waals surface area contributed by atoms with E-state index in [0.717, 1.165) is 25.2 Å². The standard InChI is InChI=1S/C12H18N2O/c1-4-14(8-10(2)3)12-11(9-15)6-5-7-13-12/h5-7,9-10H,4,8H2,1-3H3. The fraction of sp³-hybridized carbons (Fsp3) is 0.500. The molecule has 0 bridgehead atoms. The van der Waals surface area contributed by atoms with Crippen molar-refractivity contribution in [3.63, 3.8) is 0 Å². The Balaban J connectivity index is 2.95. The Morgan fingerprint density at radius 3 is 2.80 bits per heavy atom. The van der Waals surface area contributed by atoms with Crippen LogP contribution in [0.4, 0.5) is 5.82 Å². The van der Waals surface area contributed by atoms with Crippen molar-refractivity contribution in [1.29, 1.82) is 0 Å². The number of carbonyl (C=O) groups excluding carboxylic acids is 1. The van der Waals surface area contributed by atoms with Crippen LogP contribution in [0.25, 0.3) is 0 Å². The summed E-state index contributed by atoms with van der Waals surface area (Å²) in [4.78, 5) is 17.3. The number of rotatable bonds is 5. The summed E-state index contributed by atoms with van der Waals surface area (Å²) in [5.74, 6) is 1.36. The normalized spacial score (nSPS) is 10.4. The average Bonchev–Trinajstić information content (AvgIpc) is 2.25. The van der Waals surface area contributed by atoms with E-state index in [1.807, 2.05) is 0 Å². The second-order valence-electron chi connectivity index (χ2n) is 3.97. The quantitative estimate of drug-likeness (QED) is 0.693. The molecule has 0 atom stereocenters. The van der Waals surface area contributed by atoms with E-state index in [2.05, 4.69) is 30.7 Å². The van der Waals surface area contributed by atoms with Gasteiger partial charge in [-0.15, -0.1) is 0 Å². The Hall–Kier alpha value is -1.38. The number of nitrogens with zero attached hydrogens (tertiary/aromatic N) is 2. The molecule has 0 fully saturated rings. The molecule has 0 N–H and O–H groups in total. The van der Waals surface area contributed by atoms with Gasteiger partial charge >= 0.3 is 0 Å². The zero-order chi connectivity index (χ0) is 11.3. The summed E-state index contributed by atoms with van der Waals surface area (Å²) in [6.07, 6.45) is 2.59. The van der Waals surface area contributed by atoms with E-state index in [-0.39, 0.29) is 0 Å². The van der Waals surface area contributed by atoms with Gasteiger partial charge in [0.25, 0.3) is 0 Å². The Labute approximate surface area is 91.1 Å². The van der Waals surface area contributed by atoms with Crippen LogP contribution in [0.15, 0.2) is 18.3 Å². The molecule has 0 saturated heterocycles. The molecule has 0 saturated carbocycles. The number of carbonyl (C=O) groups is 1. The van der Waals surface area contributed by atoms with Crippen molar-refractivity contribution in [3.8, 4) is 0 Å². The van der Waals surface area contributed by atoms with Crippen LogP contribution in [-0.2, 0) is 0 Å². The first-order chi connectivity index (χ1) is 7.19. The summed E-state index contributed by atoms with van der Waals surface area (Å²) in [6.45, 7) is 8.19. The predicted octanol–water partition coefficient (Wildman–Crippen LogP) is 2.38. The van der Waals surface area contributed by atoms with E-state index < -0.39 is 0 Å². The van der Waals surface area contributed by atoms with E-state index in [1.54, 1.807) is 18.3 Å². The molecule has 0 aliphatic heterocycles. The molecule has 3 heteroatoms. The maximum absolute atomic E-state index is 10.9. The number of anilines is 1. The summed E-state index contributed by atoms with van der Waals surface area (Å²) in [5, 5.41) is 0. The summed E-state index contributed by atoms with van der Waals surface area (Å²) < 4.78 is 0. The highest BCUT2D eigenvalue weighted by Crippen LogP contribution is 2.16. The molecule has 82 valence electrons. The van der Waals surface area contributed by atoms with Crippen LogP contribution in [0.3, 0.4) is 0 Å². The van der Waals surface area contributed by atoms with Gasteiger partial charge in [-0.25, -0.2) is 4.98 Å². The molecule has 15 heavy (non-hydrogen) atoms. The summed E-state index contributed by atoms with van der Waals surface area (Å²) in [7, 11) is 0. The van der Waals surface area contributed by atoms with Crippen LogP contribution in [0.1, 0.15) is 31.1 Å². The molecular formula is C12H18N2O. The summed E-state index contributed by atoms with van der Waals surface area (Å²) in [5.41, 5.74) is 0.667. The smallest absolute Gasteiger partial charge is 0.153 e. The molecule has 0 aliphatic carbocycles. The van der Waals surface area contributed by atoms with Gasteiger partial charge in [-0.05, 0) is 25.0 Å². The maximum atomic E-state index is 10.9. The highest BCUT2D eigenvalue weighted by molar-refractivity contribution is 5.82. The first-order valence-electron chi connectivity index (χ1n) is 5.34. The molecule has 0 aromatic carbocycles. The lowest BCUT2D eigenvalue weighted by atomic mass is 10.2. The third-order valence-electron chi connectivity index (χ3n) is 2.21. The number of hydrogen-bond donors (Lipinski definition) is 0. The second-order valence-corrected chi connectivity index (χ2v) is 3.97. The molecule has 0 spiro atoms. The lowest BCUT2D eigenvalue weighted by Crippen LogP contribution is -2.29. The zero-order valence-electron chi connectivity index (χ0n) is 9.60. The highest BCUT2D eigenvalue weighted by Gasteiger charge is 2.11. The molecule has 1 aromatic rings. The van der Waals surface area contributed by atoms with Crippen molar-refractivity contribution in [2.75, 3.05) is 18.0 Å². The second kappa shape index (κ2) is 5.49. The van der Waals surface area contributed by atoms with Crippen molar-refractivity contribution in [2.24, 2.45) is 5.92 Å². The van der Waals surface area contributed by atoms with Crippen LogP contribution in [0, 0.1) is 5.92 Å². The topological polar surface area (TPSA) is 33.2 Å². The van der Waals surface area contributed by atoms with E-state index >= 15 is 0 Å². The van der Waals surface area contributed by atoms with Crippen molar-refractivity contribution < 1.29 is 4.79 Å². The molecule has 1 rings (SSSR count). The largest absolute Gasteiger partial charge is 0.356 e. The molecular weight excluding hydrogens is 188 g/mol. The molecule has 0 amide bonds. The molecule has 3 nitrogen and oxygen atoms in total. The van der Waals surface area contributed by atoms with Crippen molar-refractivity contribution >= 4 is 12.1 Å². The summed E-state index contributed by atoms with van der Waals surface area (Å²) in [6, 6.07) is 3.59. The van der Waals surface area contributed by atoms with E-state index in [1.165, 1.54) is 0 Å². The summed E-state index contributed by atoms with van der Waals surface area (Å²) >= 11 is 0. The maximum Gasteiger partial charge on any atom is 0.153 e. The Bertz CT molecular complexity index is 323. The zero-order valence-corrected chi connectivity index (χ0v) is 9.60.